The zero-order valence-electron chi connectivity index (χ0n) is 13.7. The molecule has 130 valence electrons. The molecule has 0 spiro atoms. The summed E-state index contributed by atoms with van der Waals surface area (Å²) in [5.74, 6) is -1.21. The highest BCUT2D eigenvalue weighted by molar-refractivity contribution is 5.98. The second-order valence-corrected chi connectivity index (χ2v) is 6.02. The number of carbonyl (C=O) groups excluding carboxylic acids is 1. The Balaban J connectivity index is 1.49. The van der Waals surface area contributed by atoms with Gasteiger partial charge in [-0.2, -0.15) is 0 Å². The van der Waals surface area contributed by atoms with Gasteiger partial charge < -0.3 is 10.3 Å². The molecule has 2 aromatic heterocycles. The Morgan fingerprint density at radius 1 is 1.12 bits per heavy atom. The van der Waals surface area contributed by atoms with Crippen molar-refractivity contribution < 1.29 is 13.6 Å². The molecule has 26 heavy (non-hydrogen) atoms. The highest BCUT2D eigenvalue weighted by Crippen LogP contribution is 2.22. The number of amides is 1. The van der Waals surface area contributed by atoms with Crippen molar-refractivity contribution in [1.82, 2.24) is 15.3 Å². The summed E-state index contributed by atoms with van der Waals surface area (Å²) >= 11 is 0. The summed E-state index contributed by atoms with van der Waals surface area (Å²) in [6.07, 6.45) is 3.71. The Hall–Kier alpha value is -3.28. The fourth-order valence-corrected chi connectivity index (χ4v) is 3.10. The third kappa shape index (κ3) is 2.90. The van der Waals surface area contributed by atoms with Crippen molar-refractivity contribution in [2.24, 2.45) is 0 Å². The molecule has 2 aromatic carbocycles. The molecule has 2 heterocycles. The average molecular weight is 351 g/mol. The van der Waals surface area contributed by atoms with Crippen LogP contribution in [0.15, 0.2) is 54.9 Å². The second kappa shape index (κ2) is 6.55. The molecule has 2 N–H and O–H groups in total. The maximum atomic E-state index is 14.1. The van der Waals surface area contributed by atoms with E-state index in [0.29, 0.717) is 23.7 Å². The molecule has 0 bridgehead atoms. The maximum absolute atomic E-state index is 14.1. The first kappa shape index (κ1) is 16.2. The SMILES string of the molecule is O=C(NCCc1c[nH]c2cccc(F)c12)c1cc(F)c2ncccc2c1. The molecule has 0 unspecified atom stereocenters. The summed E-state index contributed by atoms with van der Waals surface area (Å²) in [7, 11) is 0. The van der Waals surface area contributed by atoms with Crippen LogP contribution in [0.25, 0.3) is 21.8 Å². The molecule has 0 saturated carbocycles. The van der Waals surface area contributed by atoms with Gasteiger partial charge in [-0.25, -0.2) is 8.78 Å². The molecule has 0 aliphatic rings. The van der Waals surface area contributed by atoms with E-state index < -0.39 is 5.82 Å². The van der Waals surface area contributed by atoms with Crippen LogP contribution in [-0.2, 0) is 6.42 Å². The number of aromatic amines is 1. The number of nitrogens with zero attached hydrogens (tertiary/aromatic N) is 1. The van der Waals surface area contributed by atoms with Crippen LogP contribution in [0.3, 0.4) is 0 Å². The minimum atomic E-state index is -0.535. The summed E-state index contributed by atoms with van der Waals surface area (Å²) in [6, 6.07) is 11.0. The van der Waals surface area contributed by atoms with E-state index in [4.69, 9.17) is 0 Å². The van der Waals surface area contributed by atoms with Crippen molar-refractivity contribution in [3.05, 3.63) is 77.6 Å². The van der Waals surface area contributed by atoms with E-state index >= 15 is 0 Å². The molecule has 0 fully saturated rings. The predicted molar refractivity (Wildman–Crippen MR) is 96.0 cm³/mol. The number of aromatic nitrogens is 2. The number of H-pyrrole nitrogens is 1. The van der Waals surface area contributed by atoms with Crippen molar-refractivity contribution >= 4 is 27.7 Å². The van der Waals surface area contributed by atoms with Gasteiger partial charge in [-0.1, -0.05) is 12.1 Å². The number of halogens is 2. The Kier molecular flexibility index (Phi) is 4.08. The Morgan fingerprint density at radius 2 is 2.00 bits per heavy atom. The first-order valence-electron chi connectivity index (χ1n) is 8.20. The lowest BCUT2D eigenvalue weighted by atomic mass is 10.1. The lowest BCUT2D eigenvalue weighted by Crippen LogP contribution is -2.25. The fourth-order valence-electron chi connectivity index (χ4n) is 3.10. The van der Waals surface area contributed by atoms with Crippen molar-refractivity contribution in [3.63, 3.8) is 0 Å². The summed E-state index contributed by atoms with van der Waals surface area (Å²) in [6.45, 7) is 0.312. The lowest BCUT2D eigenvalue weighted by molar-refractivity contribution is 0.0954. The Labute approximate surface area is 147 Å². The molecular formula is C20H15F2N3O. The van der Waals surface area contributed by atoms with Crippen LogP contribution < -0.4 is 5.32 Å². The quantitative estimate of drug-likeness (QED) is 0.585. The van der Waals surface area contributed by atoms with Crippen LogP contribution in [0.2, 0.25) is 0 Å². The van der Waals surface area contributed by atoms with Crippen molar-refractivity contribution in [2.75, 3.05) is 6.54 Å². The minimum Gasteiger partial charge on any atom is -0.361 e. The summed E-state index contributed by atoms with van der Waals surface area (Å²) in [4.78, 5) is 19.3. The van der Waals surface area contributed by atoms with Crippen molar-refractivity contribution in [2.45, 2.75) is 6.42 Å². The number of hydrogen-bond acceptors (Lipinski definition) is 2. The van der Waals surface area contributed by atoms with Gasteiger partial charge in [-0.15, -0.1) is 0 Å². The molecule has 4 nitrogen and oxygen atoms in total. The van der Waals surface area contributed by atoms with Gasteiger partial charge in [0.15, 0.2) is 0 Å². The van der Waals surface area contributed by atoms with Gasteiger partial charge in [0, 0.05) is 40.8 Å². The maximum Gasteiger partial charge on any atom is 0.251 e. The third-order valence-electron chi connectivity index (χ3n) is 4.34. The highest BCUT2D eigenvalue weighted by atomic mass is 19.1. The van der Waals surface area contributed by atoms with E-state index in [-0.39, 0.29) is 22.8 Å². The number of benzene rings is 2. The molecule has 0 saturated heterocycles. The van der Waals surface area contributed by atoms with Crippen LogP contribution >= 0.6 is 0 Å². The van der Waals surface area contributed by atoms with Gasteiger partial charge in [-0.3, -0.25) is 9.78 Å². The minimum absolute atomic E-state index is 0.230. The van der Waals surface area contributed by atoms with Crippen LogP contribution in [0.4, 0.5) is 8.78 Å². The lowest BCUT2D eigenvalue weighted by Gasteiger charge is -2.07. The number of carbonyl (C=O) groups is 1. The summed E-state index contributed by atoms with van der Waals surface area (Å²) in [5.41, 5.74) is 1.97. The predicted octanol–water partition coefficient (Wildman–Crippen LogP) is 3.97. The number of hydrogen-bond donors (Lipinski definition) is 2. The van der Waals surface area contributed by atoms with Crippen molar-refractivity contribution in [3.8, 4) is 0 Å². The number of rotatable bonds is 4. The number of nitrogens with one attached hydrogen (secondary N) is 2. The van der Waals surface area contributed by atoms with Gasteiger partial charge in [0.05, 0.1) is 0 Å². The zero-order valence-corrected chi connectivity index (χ0v) is 13.7. The van der Waals surface area contributed by atoms with Crippen LogP contribution in [0, 0.1) is 11.6 Å². The normalized spacial score (nSPS) is 11.2. The van der Waals surface area contributed by atoms with Gasteiger partial charge in [-0.05, 0) is 42.3 Å². The van der Waals surface area contributed by atoms with E-state index in [1.807, 2.05) is 0 Å². The third-order valence-corrected chi connectivity index (χ3v) is 4.34. The van der Waals surface area contributed by atoms with Gasteiger partial charge >= 0.3 is 0 Å². The number of fused-ring (bicyclic) bond motifs is 2. The fraction of sp³-hybridized carbons (Fsp3) is 0.100. The van der Waals surface area contributed by atoms with Gasteiger partial charge in [0.1, 0.15) is 17.2 Å². The van der Waals surface area contributed by atoms with Crippen LogP contribution in [0.5, 0.6) is 0 Å². The monoisotopic (exact) mass is 351 g/mol. The van der Waals surface area contributed by atoms with E-state index in [1.165, 1.54) is 18.3 Å². The average Bonchev–Trinajstić information content (AvgIpc) is 3.06. The van der Waals surface area contributed by atoms with E-state index in [2.05, 4.69) is 15.3 Å². The van der Waals surface area contributed by atoms with E-state index in [9.17, 15) is 13.6 Å². The molecule has 0 aliphatic heterocycles. The summed E-state index contributed by atoms with van der Waals surface area (Å²) < 4.78 is 28.1. The molecule has 4 rings (SSSR count). The van der Waals surface area contributed by atoms with E-state index in [0.717, 1.165) is 11.1 Å². The Morgan fingerprint density at radius 3 is 2.88 bits per heavy atom. The molecule has 0 aliphatic carbocycles. The standard InChI is InChI=1S/C20H15F2N3O/c21-15-4-1-5-17-18(15)13(11-25-17)6-8-24-20(26)14-9-12-3-2-7-23-19(12)16(22)10-14/h1-5,7,9-11,25H,6,8H2,(H,24,26). The molecule has 0 radical (unpaired) electrons. The smallest absolute Gasteiger partial charge is 0.251 e. The topological polar surface area (TPSA) is 57.8 Å². The van der Waals surface area contributed by atoms with Crippen LogP contribution in [-0.4, -0.2) is 22.4 Å². The molecule has 1 amide bonds. The Bertz CT molecular complexity index is 1120. The van der Waals surface area contributed by atoms with E-state index in [1.54, 1.807) is 36.5 Å². The summed E-state index contributed by atoms with van der Waals surface area (Å²) in [5, 5.41) is 3.85. The van der Waals surface area contributed by atoms with Gasteiger partial charge in [0.25, 0.3) is 5.91 Å². The molecule has 4 aromatic rings. The highest BCUT2D eigenvalue weighted by Gasteiger charge is 2.12. The van der Waals surface area contributed by atoms with Crippen molar-refractivity contribution in [1.29, 1.82) is 0 Å². The first-order chi connectivity index (χ1) is 12.6. The zero-order chi connectivity index (χ0) is 18.1. The molecular weight excluding hydrogens is 336 g/mol. The van der Waals surface area contributed by atoms with Gasteiger partial charge in [0.2, 0.25) is 0 Å². The molecule has 0 atom stereocenters. The first-order valence-corrected chi connectivity index (χ1v) is 8.20. The second-order valence-electron chi connectivity index (χ2n) is 6.02. The largest absolute Gasteiger partial charge is 0.361 e. The number of pyridine rings is 1. The van der Waals surface area contributed by atoms with Crippen LogP contribution in [0.1, 0.15) is 15.9 Å². The molecule has 6 heteroatoms.